The van der Waals surface area contributed by atoms with E-state index in [0.717, 1.165) is 11.3 Å². The predicted molar refractivity (Wildman–Crippen MR) is 131 cm³/mol. The van der Waals surface area contributed by atoms with Crippen LogP contribution in [0.25, 0.3) is 0 Å². The van der Waals surface area contributed by atoms with Crippen LogP contribution in [0.15, 0.2) is 66.9 Å². The maximum absolute atomic E-state index is 13.9. The largest absolute Gasteiger partial charge is 0.497 e. The molecule has 0 bridgehead atoms. The van der Waals surface area contributed by atoms with Crippen LogP contribution >= 0.6 is 0 Å². The van der Waals surface area contributed by atoms with Crippen molar-refractivity contribution < 1.29 is 28.8 Å². The number of hydrogen-bond donors (Lipinski definition) is 2. The molecule has 2 heterocycles. The minimum Gasteiger partial charge on any atom is -0.497 e. The number of aromatic nitrogens is 1. The first-order chi connectivity index (χ1) is 17.4. The van der Waals surface area contributed by atoms with Crippen LogP contribution in [0.3, 0.4) is 0 Å². The monoisotopic (exact) mass is 494 g/mol. The number of nitrogens with zero attached hydrogens (tertiary/aromatic N) is 2. The summed E-state index contributed by atoms with van der Waals surface area (Å²) in [5.74, 6) is 1.26. The number of fused-ring (bicyclic) bond motifs is 1. The number of β-amino-alcohol motifs (C(OH)–C–C–N with tert-alkyl or cyclic N) is 2. The predicted octanol–water partition coefficient (Wildman–Crippen LogP) is 3.75. The molecule has 3 aromatic rings. The van der Waals surface area contributed by atoms with E-state index in [0.29, 0.717) is 50.5 Å². The molecular weight excluding hydrogens is 463 g/mol. The summed E-state index contributed by atoms with van der Waals surface area (Å²) in [7, 11) is 1.63. The number of ether oxygens (including phenoxy) is 3. The van der Waals surface area contributed by atoms with Gasteiger partial charge >= 0.3 is 0 Å². The second-order valence-electron chi connectivity index (χ2n) is 9.68. The minimum atomic E-state index is -0.901. The Morgan fingerprint density at radius 2 is 1.89 bits per heavy atom. The highest BCUT2D eigenvalue weighted by Crippen LogP contribution is 2.43. The number of rotatable bonds is 9. The average molecular weight is 495 g/mol. The minimum absolute atomic E-state index is 0.0168. The van der Waals surface area contributed by atoms with Crippen LogP contribution in [-0.4, -0.2) is 58.5 Å². The van der Waals surface area contributed by atoms with Gasteiger partial charge in [0, 0.05) is 32.0 Å². The number of aliphatic hydroxyl groups excluding tert-OH is 1. The van der Waals surface area contributed by atoms with Gasteiger partial charge in [0.05, 0.1) is 24.6 Å². The fraction of sp³-hybridized carbons (Fsp3) is 0.393. The fourth-order valence-corrected chi connectivity index (χ4v) is 5.23. The van der Waals surface area contributed by atoms with Crippen molar-refractivity contribution in [2.45, 2.75) is 37.3 Å². The molecule has 0 unspecified atom stereocenters. The van der Waals surface area contributed by atoms with Crippen LogP contribution in [0, 0.1) is 11.7 Å². The van der Waals surface area contributed by atoms with Crippen molar-refractivity contribution >= 4 is 0 Å². The molecule has 4 atom stereocenters. The van der Waals surface area contributed by atoms with Gasteiger partial charge in [0.2, 0.25) is 0 Å². The maximum Gasteiger partial charge on any atom is 0.165 e. The van der Waals surface area contributed by atoms with Gasteiger partial charge in [-0.25, -0.2) is 4.39 Å². The Labute approximate surface area is 210 Å². The van der Waals surface area contributed by atoms with Gasteiger partial charge in [-0.15, -0.1) is 0 Å². The first-order valence-corrected chi connectivity index (χ1v) is 12.2. The van der Waals surface area contributed by atoms with E-state index < -0.39 is 17.5 Å². The maximum atomic E-state index is 13.9. The molecule has 2 aliphatic rings. The molecular formula is C28H31FN2O5. The molecule has 5 rings (SSSR count). The topological polar surface area (TPSA) is 84.3 Å². The Morgan fingerprint density at radius 1 is 1.11 bits per heavy atom. The van der Waals surface area contributed by atoms with E-state index in [-0.39, 0.29) is 17.8 Å². The molecule has 0 amide bonds. The number of para-hydroxylation sites is 1. The standard InChI is InChI=1S/C28H31FN2O5/c1-34-21-8-6-19(7-9-21)17-35-22-10-11-25(30-14-22)26(32)16-31-15-20-12-23(13-28(20,33)18-31)36-27-5-3-2-4-24(27)29/h2-11,14,20,23,26,32-33H,12-13,15-18H2,1H3/t20-,23+,26+,28-/m1/s1. The highest BCUT2D eigenvalue weighted by Gasteiger charge is 2.53. The van der Waals surface area contributed by atoms with Crippen molar-refractivity contribution in [3.05, 3.63) is 83.9 Å². The van der Waals surface area contributed by atoms with Crippen molar-refractivity contribution in [1.82, 2.24) is 9.88 Å². The van der Waals surface area contributed by atoms with Gasteiger partial charge in [0.15, 0.2) is 11.6 Å². The average Bonchev–Trinajstić information content (AvgIpc) is 3.34. The van der Waals surface area contributed by atoms with Crippen molar-refractivity contribution in [2.24, 2.45) is 5.92 Å². The molecule has 190 valence electrons. The highest BCUT2D eigenvalue weighted by atomic mass is 19.1. The summed E-state index contributed by atoms with van der Waals surface area (Å²) in [4.78, 5) is 6.44. The summed E-state index contributed by atoms with van der Waals surface area (Å²) >= 11 is 0. The number of halogens is 1. The molecule has 8 heteroatoms. The lowest BCUT2D eigenvalue weighted by Gasteiger charge is -2.24. The van der Waals surface area contributed by atoms with Gasteiger partial charge in [0.1, 0.15) is 30.3 Å². The zero-order chi connectivity index (χ0) is 25.1. The zero-order valence-corrected chi connectivity index (χ0v) is 20.2. The first-order valence-electron chi connectivity index (χ1n) is 12.2. The van der Waals surface area contributed by atoms with E-state index in [9.17, 15) is 14.6 Å². The lowest BCUT2D eigenvalue weighted by Crippen LogP contribution is -2.36. The molecule has 0 radical (unpaired) electrons. The molecule has 2 N–H and O–H groups in total. The molecule has 1 saturated carbocycles. The highest BCUT2D eigenvalue weighted by molar-refractivity contribution is 5.28. The number of methoxy groups -OCH3 is 1. The van der Waals surface area contributed by atoms with Crippen molar-refractivity contribution in [3.8, 4) is 17.2 Å². The number of likely N-dealkylation sites (tertiary alicyclic amines) is 1. The molecule has 1 aliphatic heterocycles. The smallest absolute Gasteiger partial charge is 0.165 e. The first kappa shape index (κ1) is 24.5. The second-order valence-corrected chi connectivity index (χ2v) is 9.68. The zero-order valence-electron chi connectivity index (χ0n) is 20.2. The Morgan fingerprint density at radius 3 is 2.58 bits per heavy atom. The van der Waals surface area contributed by atoms with E-state index in [4.69, 9.17) is 14.2 Å². The van der Waals surface area contributed by atoms with E-state index in [1.807, 2.05) is 24.3 Å². The van der Waals surface area contributed by atoms with Crippen molar-refractivity contribution in [1.29, 1.82) is 0 Å². The van der Waals surface area contributed by atoms with Crippen LogP contribution in [0.1, 0.15) is 30.2 Å². The van der Waals surface area contributed by atoms with Gasteiger partial charge in [-0.3, -0.25) is 9.88 Å². The van der Waals surface area contributed by atoms with Gasteiger partial charge in [-0.1, -0.05) is 24.3 Å². The van der Waals surface area contributed by atoms with E-state index in [1.165, 1.54) is 6.07 Å². The SMILES string of the molecule is COc1ccc(COc2ccc([C@@H](O)CN3C[C@H]4C[C@H](Oc5ccccc5F)C[C@@]4(O)C3)nc2)cc1. The van der Waals surface area contributed by atoms with E-state index in [2.05, 4.69) is 9.88 Å². The van der Waals surface area contributed by atoms with Crippen LogP contribution in [0.5, 0.6) is 17.2 Å². The molecule has 7 nitrogen and oxygen atoms in total. The van der Waals surface area contributed by atoms with Crippen molar-refractivity contribution in [3.63, 3.8) is 0 Å². The molecule has 36 heavy (non-hydrogen) atoms. The van der Waals surface area contributed by atoms with Crippen LogP contribution in [-0.2, 0) is 6.61 Å². The lowest BCUT2D eigenvalue weighted by atomic mass is 9.95. The second kappa shape index (κ2) is 10.4. The van der Waals surface area contributed by atoms with Crippen LogP contribution in [0.4, 0.5) is 4.39 Å². The molecule has 2 aromatic carbocycles. The van der Waals surface area contributed by atoms with Crippen LogP contribution in [0.2, 0.25) is 0 Å². The Hall–Kier alpha value is -3.20. The van der Waals surface area contributed by atoms with E-state index >= 15 is 0 Å². The third-order valence-electron chi connectivity index (χ3n) is 7.09. The van der Waals surface area contributed by atoms with Gasteiger partial charge in [-0.05, 0) is 48.4 Å². The summed E-state index contributed by atoms with van der Waals surface area (Å²) in [6, 6.07) is 17.6. The molecule has 1 saturated heterocycles. The summed E-state index contributed by atoms with van der Waals surface area (Å²) in [5.41, 5.74) is 0.665. The third kappa shape index (κ3) is 5.46. The normalized spacial score (nSPS) is 24.3. The summed E-state index contributed by atoms with van der Waals surface area (Å²) in [6.07, 6.45) is 1.69. The molecule has 1 aromatic heterocycles. The van der Waals surface area contributed by atoms with Gasteiger partial charge in [-0.2, -0.15) is 0 Å². The summed E-state index contributed by atoms with van der Waals surface area (Å²) in [5, 5.41) is 21.9. The number of hydrogen-bond acceptors (Lipinski definition) is 7. The Balaban J connectivity index is 1.10. The molecule has 1 aliphatic carbocycles. The van der Waals surface area contributed by atoms with Gasteiger partial charge < -0.3 is 24.4 Å². The number of aliphatic hydroxyl groups is 2. The Kier molecular flexibility index (Phi) is 7.09. The molecule has 2 fully saturated rings. The summed E-state index contributed by atoms with van der Waals surface area (Å²) < 4.78 is 30.7. The van der Waals surface area contributed by atoms with Crippen LogP contribution < -0.4 is 14.2 Å². The van der Waals surface area contributed by atoms with Crippen molar-refractivity contribution in [2.75, 3.05) is 26.7 Å². The summed E-state index contributed by atoms with van der Waals surface area (Å²) in [6.45, 7) is 1.86. The number of pyridine rings is 1. The van der Waals surface area contributed by atoms with Gasteiger partial charge in [0.25, 0.3) is 0 Å². The fourth-order valence-electron chi connectivity index (χ4n) is 5.23. The quantitative estimate of drug-likeness (QED) is 0.469. The van der Waals surface area contributed by atoms with E-state index in [1.54, 1.807) is 43.6 Å². The Bertz CT molecular complexity index is 1160. The third-order valence-corrected chi connectivity index (χ3v) is 7.09. The number of benzene rings is 2. The molecule has 0 spiro atoms. The lowest BCUT2D eigenvalue weighted by molar-refractivity contribution is 0.0174.